The molecular formula is C23H16F3NO2. The van der Waals surface area contributed by atoms with E-state index in [1.165, 1.54) is 12.1 Å². The molecule has 4 aromatic rings. The van der Waals surface area contributed by atoms with Gasteiger partial charge in [-0.3, -0.25) is 0 Å². The first-order valence-corrected chi connectivity index (χ1v) is 8.83. The van der Waals surface area contributed by atoms with E-state index < -0.39 is 11.7 Å². The molecule has 0 fully saturated rings. The minimum Gasteiger partial charge on any atom is -0.497 e. The second-order valence-electron chi connectivity index (χ2n) is 6.38. The van der Waals surface area contributed by atoms with Gasteiger partial charge in [-0.1, -0.05) is 36.4 Å². The summed E-state index contributed by atoms with van der Waals surface area (Å²) in [6.45, 7) is 0. The highest BCUT2D eigenvalue weighted by atomic mass is 19.4. The molecule has 146 valence electrons. The molecule has 0 N–H and O–H groups in total. The highest BCUT2D eigenvalue weighted by Crippen LogP contribution is 2.31. The average Bonchev–Trinajstić information content (AvgIpc) is 2.73. The molecule has 3 nitrogen and oxygen atoms in total. The topological polar surface area (TPSA) is 34.7 Å². The molecule has 0 atom stereocenters. The standard InChI is InChI=1S/C23H16F3NO2/c1-28-18-10-11-21-19(13-18)20(14-22(29-21)15-6-3-2-4-7-15)27-17-9-5-8-16(12-17)23(24,25)26/h2-14H,1H3. The first-order chi connectivity index (χ1) is 13.9. The maximum absolute atomic E-state index is 13.1. The second kappa shape index (κ2) is 7.47. The van der Waals surface area contributed by atoms with Gasteiger partial charge in [0.05, 0.1) is 23.7 Å². The normalized spacial score (nSPS) is 12.3. The van der Waals surface area contributed by atoms with Crippen LogP contribution in [0.3, 0.4) is 0 Å². The van der Waals surface area contributed by atoms with Crippen molar-refractivity contribution in [2.75, 3.05) is 7.11 Å². The fourth-order valence-electron chi connectivity index (χ4n) is 3.00. The number of hydrogen-bond acceptors (Lipinski definition) is 3. The Bertz CT molecular complexity index is 1230. The van der Waals surface area contributed by atoms with E-state index in [0.717, 1.165) is 17.7 Å². The van der Waals surface area contributed by atoms with E-state index in [-0.39, 0.29) is 5.69 Å². The van der Waals surface area contributed by atoms with Gasteiger partial charge in [0.15, 0.2) is 0 Å². The molecule has 4 rings (SSSR count). The molecular weight excluding hydrogens is 379 g/mol. The quantitative estimate of drug-likeness (QED) is 0.405. The van der Waals surface area contributed by atoms with Crippen LogP contribution >= 0.6 is 0 Å². The third-order valence-electron chi connectivity index (χ3n) is 4.43. The van der Waals surface area contributed by atoms with E-state index in [1.54, 1.807) is 31.4 Å². The van der Waals surface area contributed by atoms with Crippen molar-refractivity contribution in [1.29, 1.82) is 0 Å². The van der Waals surface area contributed by atoms with Gasteiger partial charge in [-0.05, 0) is 36.4 Å². The Labute approximate surface area is 164 Å². The number of hydrogen-bond donors (Lipinski definition) is 0. The molecule has 29 heavy (non-hydrogen) atoms. The molecule has 0 bridgehead atoms. The molecule has 0 spiro atoms. The smallest absolute Gasteiger partial charge is 0.416 e. The van der Waals surface area contributed by atoms with Crippen LogP contribution in [0.2, 0.25) is 0 Å². The summed E-state index contributed by atoms with van der Waals surface area (Å²) >= 11 is 0. The summed E-state index contributed by atoms with van der Waals surface area (Å²) in [6, 6.07) is 21.3. The Morgan fingerprint density at radius 3 is 2.38 bits per heavy atom. The zero-order chi connectivity index (χ0) is 20.4. The Kier molecular flexibility index (Phi) is 4.84. The van der Waals surface area contributed by atoms with Crippen molar-refractivity contribution in [2.24, 2.45) is 4.99 Å². The fraction of sp³-hybridized carbons (Fsp3) is 0.0870. The van der Waals surface area contributed by atoms with Gasteiger partial charge in [0.2, 0.25) is 0 Å². The molecule has 6 heteroatoms. The number of methoxy groups -OCH3 is 1. The summed E-state index contributed by atoms with van der Waals surface area (Å²) in [5, 5.41) is 1.13. The van der Waals surface area contributed by atoms with E-state index in [2.05, 4.69) is 4.99 Å². The van der Waals surface area contributed by atoms with Crippen LogP contribution in [0.25, 0.3) is 22.3 Å². The van der Waals surface area contributed by atoms with E-state index >= 15 is 0 Å². The Morgan fingerprint density at radius 1 is 0.862 bits per heavy atom. The van der Waals surface area contributed by atoms with Crippen LogP contribution in [0.1, 0.15) is 5.56 Å². The molecule has 0 saturated carbocycles. The molecule has 0 aliphatic carbocycles. The summed E-state index contributed by atoms with van der Waals surface area (Å²) in [7, 11) is 1.54. The number of halogens is 3. The molecule has 0 unspecified atom stereocenters. The van der Waals surface area contributed by atoms with Crippen LogP contribution in [0.4, 0.5) is 18.9 Å². The van der Waals surface area contributed by atoms with E-state index in [4.69, 9.17) is 9.15 Å². The Morgan fingerprint density at radius 2 is 1.66 bits per heavy atom. The second-order valence-corrected chi connectivity index (χ2v) is 6.38. The third-order valence-corrected chi connectivity index (χ3v) is 4.43. The minimum atomic E-state index is -4.43. The largest absolute Gasteiger partial charge is 0.497 e. The van der Waals surface area contributed by atoms with Crippen LogP contribution < -0.4 is 10.1 Å². The van der Waals surface area contributed by atoms with Crippen molar-refractivity contribution in [3.63, 3.8) is 0 Å². The lowest BCUT2D eigenvalue weighted by Gasteiger charge is -2.08. The molecule has 0 radical (unpaired) electrons. The third kappa shape index (κ3) is 4.01. The number of alkyl halides is 3. The van der Waals surface area contributed by atoms with Crippen molar-refractivity contribution >= 4 is 16.7 Å². The molecule has 0 aliphatic heterocycles. The average molecular weight is 395 g/mol. The summed E-state index contributed by atoms with van der Waals surface area (Å²) < 4.78 is 50.5. The maximum Gasteiger partial charge on any atom is 0.416 e. The van der Waals surface area contributed by atoms with Gasteiger partial charge >= 0.3 is 6.18 Å². The van der Waals surface area contributed by atoms with Gasteiger partial charge in [0, 0.05) is 17.0 Å². The molecule has 1 aromatic heterocycles. The van der Waals surface area contributed by atoms with Crippen molar-refractivity contribution in [1.82, 2.24) is 0 Å². The van der Waals surface area contributed by atoms with Crippen molar-refractivity contribution < 1.29 is 22.3 Å². The van der Waals surface area contributed by atoms with Crippen LogP contribution in [0.5, 0.6) is 5.75 Å². The first-order valence-electron chi connectivity index (χ1n) is 8.83. The van der Waals surface area contributed by atoms with Crippen molar-refractivity contribution in [3.05, 3.63) is 89.8 Å². The predicted octanol–water partition coefficient (Wildman–Crippen LogP) is 6.36. The molecule has 0 saturated heterocycles. The number of fused-ring (bicyclic) bond motifs is 1. The zero-order valence-corrected chi connectivity index (χ0v) is 15.4. The molecule has 1 heterocycles. The van der Waals surface area contributed by atoms with Gasteiger partial charge in [0.25, 0.3) is 0 Å². The maximum atomic E-state index is 13.1. The molecule has 3 aromatic carbocycles. The Hall–Kier alpha value is -3.54. The first kappa shape index (κ1) is 18.8. The predicted molar refractivity (Wildman–Crippen MR) is 105 cm³/mol. The van der Waals surface area contributed by atoms with E-state index in [0.29, 0.717) is 27.8 Å². The van der Waals surface area contributed by atoms with E-state index in [9.17, 15) is 13.2 Å². The van der Waals surface area contributed by atoms with Gasteiger partial charge in [-0.2, -0.15) is 13.2 Å². The number of rotatable bonds is 3. The highest BCUT2D eigenvalue weighted by Gasteiger charge is 2.30. The molecule has 0 aliphatic rings. The van der Waals surface area contributed by atoms with Crippen LogP contribution in [0, 0.1) is 0 Å². The fourth-order valence-corrected chi connectivity index (χ4v) is 3.00. The summed E-state index contributed by atoms with van der Waals surface area (Å²) in [5.74, 6) is 1.16. The lowest BCUT2D eigenvalue weighted by atomic mass is 10.1. The minimum absolute atomic E-state index is 0.203. The van der Waals surface area contributed by atoms with E-state index in [1.807, 2.05) is 30.3 Å². The lowest BCUT2D eigenvalue weighted by molar-refractivity contribution is -0.137. The van der Waals surface area contributed by atoms with Crippen LogP contribution in [-0.2, 0) is 6.18 Å². The van der Waals surface area contributed by atoms with Gasteiger partial charge in [0.1, 0.15) is 17.1 Å². The van der Waals surface area contributed by atoms with Crippen molar-refractivity contribution in [3.8, 4) is 17.1 Å². The number of nitrogens with zero attached hydrogens (tertiary/aromatic N) is 1. The Balaban J connectivity index is 1.97. The zero-order valence-electron chi connectivity index (χ0n) is 15.4. The summed E-state index contributed by atoms with van der Waals surface area (Å²) in [5.41, 5.74) is 0.849. The highest BCUT2D eigenvalue weighted by molar-refractivity contribution is 5.80. The summed E-state index contributed by atoms with van der Waals surface area (Å²) in [4.78, 5) is 4.49. The van der Waals surface area contributed by atoms with Crippen LogP contribution in [0.15, 0.2) is 88.3 Å². The summed E-state index contributed by atoms with van der Waals surface area (Å²) in [6.07, 6.45) is -4.43. The van der Waals surface area contributed by atoms with Crippen molar-refractivity contribution in [2.45, 2.75) is 6.18 Å². The molecule has 0 amide bonds. The SMILES string of the molecule is COc1ccc2oc(-c3ccccc3)cc(=Nc3cccc(C(F)(F)F)c3)c2c1. The van der Waals surface area contributed by atoms with Gasteiger partial charge in [-0.25, -0.2) is 4.99 Å². The lowest BCUT2D eigenvalue weighted by Crippen LogP contribution is -2.05. The van der Waals surface area contributed by atoms with Gasteiger partial charge < -0.3 is 9.15 Å². The van der Waals surface area contributed by atoms with Gasteiger partial charge in [-0.15, -0.1) is 0 Å². The monoisotopic (exact) mass is 395 g/mol. The number of benzene rings is 3. The van der Waals surface area contributed by atoms with Crippen LogP contribution in [-0.4, -0.2) is 7.11 Å². The number of ether oxygens (including phenoxy) is 1.